The first-order chi connectivity index (χ1) is 9.63. The Kier molecular flexibility index (Phi) is 4.69. The van der Waals surface area contributed by atoms with Crippen molar-refractivity contribution in [3.8, 4) is 5.75 Å². The summed E-state index contributed by atoms with van der Waals surface area (Å²) in [7, 11) is 1.43. The van der Waals surface area contributed by atoms with E-state index in [4.69, 9.17) is 4.74 Å². The highest BCUT2D eigenvalue weighted by Gasteiger charge is 2.12. The van der Waals surface area contributed by atoms with Crippen molar-refractivity contribution in [2.75, 3.05) is 7.11 Å². The highest BCUT2D eigenvalue weighted by Crippen LogP contribution is 2.21. The normalized spacial score (nSPS) is 12.2. The second-order valence-corrected chi connectivity index (χ2v) is 4.56. The Bertz CT molecular complexity index is 586. The van der Waals surface area contributed by atoms with E-state index in [-0.39, 0.29) is 23.4 Å². The van der Waals surface area contributed by atoms with Crippen LogP contribution in [-0.2, 0) is 6.54 Å². The van der Waals surface area contributed by atoms with Crippen molar-refractivity contribution < 1.29 is 13.5 Å². The van der Waals surface area contributed by atoms with E-state index >= 15 is 0 Å². The summed E-state index contributed by atoms with van der Waals surface area (Å²) in [6.07, 6.45) is 0. The summed E-state index contributed by atoms with van der Waals surface area (Å²) < 4.78 is 32.5. The molecule has 2 rings (SSSR count). The Labute approximate surface area is 117 Å². The van der Waals surface area contributed by atoms with Gasteiger partial charge in [0.05, 0.1) is 7.11 Å². The summed E-state index contributed by atoms with van der Waals surface area (Å²) in [5, 5.41) is 3.11. The molecule has 0 unspecified atom stereocenters. The molecule has 0 aliphatic rings. The summed E-state index contributed by atoms with van der Waals surface area (Å²) >= 11 is 0. The predicted molar refractivity (Wildman–Crippen MR) is 74.6 cm³/mol. The van der Waals surface area contributed by atoms with Crippen LogP contribution in [0.25, 0.3) is 0 Å². The molecule has 2 nitrogen and oxygen atoms in total. The molecule has 2 aromatic carbocycles. The zero-order valence-corrected chi connectivity index (χ0v) is 11.5. The van der Waals surface area contributed by atoms with Gasteiger partial charge in [-0.3, -0.25) is 0 Å². The van der Waals surface area contributed by atoms with Crippen LogP contribution in [0.1, 0.15) is 24.1 Å². The van der Waals surface area contributed by atoms with Gasteiger partial charge in [-0.1, -0.05) is 30.3 Å². The molecule has 106 valence electrons. The lowest BCUT2D eigenvalue weighted by molar-refractivity contribution is 0.382. The molecule has 0 bridgehead atoms. The molecule has 4 heteroatoms. The van der Waals surface area contributed by atoms with E-state index in [0.29, 0.717) is 17.7 Å². The Morgan fingerprint density at radius 2 is 1.85 bits per heavy atom. The fraction of sp³-hybridized carbons (Fsp3) is 0.250. The maximum Gasteiger partial charge on any atom is 0.169 e. The average molecular weight is 277 g/mol. The molecular formula is C16H17F2NO. The molecule has 0 aromatic heterocycles. The van der Waals surface area contributed by atoms with Crippen LogP contribution in [0.5, 0.6) is 5.75 Å². The Morgan fingerprint density at radius 1 is 1.10 bits per heavy atom. The number of ether oxygens (including phenoxy) is 1. The van der Waals surface area contributed by atoms with Crippen LogP contribution in [0.2, 0.25) is 0 Å². The second-order valence-electron chi connectivity index (χ2n) is 4.56. The molecule has 0 aliphatic heterocycles. The van der Waals surface area contributed by atoms with Crippen LogP contribution in [0.4, 0.5) is 8.78 Å². The standard InChI is InChI=1S/C16H17F2NO/c1-11(13-7-3-4-8-14(13)17)19-10-12-6-5-9-15(20-2)16(12)18/h3-9,11,19H,10H2,1-2H3/t11-/m1/s1. The number of rotatable bonds is 5. The summed E-state index contributed by atoms with van der Waals surface area (Å²) in [5.74, 6) is -0.440. The number of hydrogen-bond acceptors (Lipinski definition) is 2. The maximum absolute atomic E-state index is 14.0. The van der Waals surface area contributed by atoms with Crippen molar-refractivity contribution in [3.63, 3.8) is 0 Å². The van der Waals surface area contributed by atoms with E-state index in [0.717, 1.165) is 0 Å². The first kappa shape index (κ1) is 14.5. The third-order valence-corrected chi connectivity index (χ3v) is 3.23. The third kappa shape index (κ3) is 3.14. The summed E-state index contributed by atoms with van der Waals surface area (Å²) in [4.78, 5) is 0. The largest absolute Gasteiger partial charge is 0.494 e. The van der Waals surface area contributed by atoms with Gasteiger partial charge < -0.3 is 10.1 Å². The molecule has 0 fully saturated rings. The molecule has 0 spiro atoms. The van der Waals surface area contributed by atoms with Crippen molar-refractivity contribution in [1.29, 1.82) is 0 Å². The summed E-state index contributed by atoms with van der Waals surface area (Å²) in [6.45, 7) is 2.15. The number of benzene rings is 2. The van der Waals surface area contributed by atoms with Gasteiger partial charge in [0.2, 0.25) is 0 Å². The lowest BCUT2D eigenvalue weighted by Gasteiger charge is -2.16. The summed E-state index contributed by atoms with van der Waals surface area (Å²) in [5.41, 5.74) is 1.06. The quantitative estimate of drug-likeness (QED) is 0.897. The minimum atomic E-state index is -0.386. The molecule has 0 heterocycles. The van der Waals surface area contributed by atoms with Crippen LogP contribution < -0.4 is 10.1 Å². The van der Waals surface area contributed by atoms with Crippen molar-refractivity contribution in [1.82, 2.24) is 5.32 Å². The van der Waals surface area contributed by atoms with Gasteiger partial charge in [0.1, 0.15) is 5.82 Å². The van der Waals surface area contributed by atoms with Crippen LogP contribution in [0, 0.1) is 11.6 Å². The van der Waals surface area contributed by atoms with Gasteiger partial charge in [0, 0.05) is 23.7 Å². The maximum atomic E-state index is 14.0. The minimum absolute atomic E-state index is 0.207. The van der Waals surface area contributed by atoms with E-state index in [9.17, 15) is 8.78 Å². The zero-order valence-electron chi connectivity index (χ0n) is 11.5. The van der Waals surface area contributed by atoms with Gasteiger partial charge >= 0.3 is 0 Å². The van der Waals surface area contributed by atoms with Crippen LogP contribution >= 0.6 is 0 Å². The molecule has 2 aromatic rings. The molecular weight excluding hydrogens is 260 g/mol. The summed E-state index contributed by atoms with van der Waals surface area (Å²) in [6, 6.07) is 11.3. The predicted octanol–water partition coefficient (Wildman–Crippen LogP) is 3.82. The number of methoxy groups -OCH3 is 1. The number of nitrogens with one attached hydrogen (secondary N) is 1. The smallest absolute Gasteiger partial charge is 0.169 e. The van der Waals surface area contributed by atoms with Gasteiger partial charge in [-0.25, -0.2) is 8.78 Å². The van der Waals surface area contributed by atoms with Crippen LogP contribution in [0.15, 0.2) is 42.5 Å². The van der Waals surface area contributed by atoms with Crippen molar-refractivity contribution in [3.05, 3.63) is 65.2 Å². The van der Waals surface area contributed by atoms with E-state index in [1.807, 2.05) is 6.92 Å². The molecule has 0 saturated carbocycles. The molecule has 1 N–H and O–H groups in total. The van der Waals surface area contributed by atoms with E-state index in [1.54, 1.807) is 36.4 Å². The zero-order chi connectivity index (χ0) is 14.5. The van der Waals surface area contributed by atoms with Crippen LogP contribution in [-0.4, -0.2) is 7.11 Å². The molecule has 0 radical (unpaired) electrons. The van der Waals surface area contributed by atoms with Gasteiger partial charge in [0.15, 0.2) is 11.6 Å². The molecule has 0 aliphatic carbocycles. The van der Waals surface area contributed by atoms with Crippen molar-refractivity contribution >= 4 is 0 Å². The number of halogens is 2. The van der Waals surface area contributed by atoms with Crippen molar-refractivity contribution in [2.45, 2.75) is 19.5 Å². The lowest BCUT2D eigenvalue weighted by Crippen LogP contribution is -2.19. The van der Waals surface area contributed by atoms with Gasteiger partial charge in [-0.15, -0.1) is 0 Å². The van der Waals surface area contributed by atoms with Gasteiger partial charge in [-0.05, 0) is 19.1 Å². The molecule has 1 atom stereocenters. The Morgan fingerprint density at radius 3 is 2.55 bits per heavy atom. The lowest BCUT2D eigenvalue weighted by atomic mass is 10.1. The first-order valence-electron chi connectivity index (χ1n) is 6.42. The Hall–Kier alpha value is -1.94. The minimum Gasteiger partial charge on any atom is -0.494 e. The fourth-order valence-corrected chi connectivity index (χ4v) is 2.05. The van der Waals surface area contributed by atoms with Crippen molar-refractivity contribution in [2.24, 2.45) is 0 Å². The first-order valence-corrected chi connectivity index (χ1v) is 6.42. The van der Waals surface area contributed by atoms with E-state index < -0.39 is 0 Å². The van der Waals surface area contributed by atoms with Crippen LogP contribution in [0.3, 0.4) is 0 Å². The molecule has 20 heavy (non-hydrogen) atoms. The Balaban J connectivity index is 2.08. The highest BCUT2D eigenvalue weighted by atomic mass is 19.1. The molecule has 0 amide bonds. The highest BCUT2D eigenvalue weighted by molar-refractivity contribution is 5.31. The van der Waals surface area contributed by atoms with E-state index in [1.165, 1.54) is 13.2 Å². The topological polar surface area (TPSA) is 21.3 Å². The third-order valence-electron chi connectivity index (χ3n) is 3.23. The van der Waals surface area contributed by atoms with Gasteiger partial charge in [-0.2, -0.15) is 0 Å². The van der Waals surface area contributed by atoms with E-state index in [2.05, 4.69) is 5.32 Å². The number of hydrogen-bond donors (Lipinski definition) is 1. The fourth-order valence-electron chi connectivity index (χ4n) is 2.05. The monoisotopic (exact) mass is 277 g/mol. The average Bonchev–Trinajstić information content (AvgIpc) is 2.46. The SMILES string of the molecule is COc1cccc(CN[C@H](C)c2ccccc2F)c1F. The second kappa shape index (κ2) is 6.48. The molecule has 0 saturated heterocycles. The van der Waals surface area contributed by atoms with Gasteiger partial charge in [0.25, 0.3) is 0 Å².